The van der Waals surface area contributed by atoms with E-state index in [-0.39, 0.29) is 0 Å². The summed E-state index contributed by atoms with van der Waals surface area (Å²) in [6.45, 7) is 0. The Morgan fingerprint density at radius 3 is 2.27 bits per heavy atom. The van der Waals surface area contributed by atoms with Gasteiger partial charge in [0.15, 0.2) is 0 Å². The third-order valence-electron chi connectivity index (χ3n) is 2.34. The smallest absolute Gasteiger partial charge is 0.469 e. The largest absolute Gasteiger partial charge is 0.574 e. The third-order valence-corrected chi connectivity index (χ3v) is 2.63. The molecular weight excluding hydrogens is 344 g/mol. The van der Waals surface area contributed by atoms with Crippen molar-refractivity contribution in [1.82, 2.24) is 4.98 Å². The molecule has 0 spiro atoms. The predicted octanol–water partition coefficient (Wildman–Crippen LogP) is 3.45. The maximum Gasteiger partial charge on any atom is 0.574 e. The zero-order valence-electron chi connectivity index (χ0n) is 10.8. The lowest BCUT2D eigenvalue weighted by Gasteiger charge is -2.17. The van der Waals surface area contributed by atoms with Gasteiger partial charge in [-0.2, -0.15) is 13.2 Å². The van der Waals surface area contributed by atoms with Gasteiger partial charge in [-0.25, -0.2) is 4.98 Å². The van der Waals surface area contributed by atoms with Gasteiger partial charge >= 0.3 is 18.5 Å². The van der Waals surface area contributed by atoms with Crippen LogP contribution in [0.2, 0.25) is 0 Å². The summed E-state index contributed by atoms with van der Waals surface area (Å²) in [4.78, 5) is 14.2. The second kappa shape index (κ2) is 6.59. The molecule has 0 aliphatic heterocycles. The van der Waals surface area contributed by atoms with E-state index >= 15 is 0 Å². The molecular formula is C11H8ClF6NO3. The molecule has 0 saturated carbocycles. The Balaban J connectivity index is 3.45. The molecule has 0 aliphatic carbocycles. The number of aromatic nitrogens is 1. The Labute approximate surface area is 125 Å². The van der Waals surface area contributed by atoms with Crippen LogP contribution in [-0.4, -0.2) is 24.4 Å². The molecule has 1 aromatic rings. The SMILES string of the molecule is COC(=O)Cc1nc(OC(F)(F)F)cc(CCl)c1C(F)(F)F. The number of rotatable bonds is 4. The zero-order valence-corrected chi connectivity index (χ0v) is 11.6. The van der Waals surface area contributed by atoms with Gasteiger partial charge in [0.25, 0.3) is 0 Å². The van der Waals surface area contributed by atoms with Crippen LogP contribution in [0.25, 0.3) is 0 Å². The Morgan fingerprint density at radius 2 is 1.86 bits per heavy atom. The zero-order chi connectivity index (χ0) is 17.1. The van der Waals surface area contributed by atoms with E-state index in [0.29, 0.717) is 6.07 Å². The molecule has 0 amide bonds. The molecule has 0 fully saturated rings. The van der Waals surface area contributed by atoms with Gasteiger partial charge in [-0.3, -0.25) is 4.79 Å². The Kier molecular flexibility index (Phi) is 5.49. The number of hydrogen-bond acceptors (Lipinski definition) is 4. The second-order valence-electron chi connectivity index (χ2n) is 3.87. The third kappa shape index (κ3) is 4.93. The van der Waals surface area contributed by atoms with Crippen LogP contribution >= 0.6 is 11.6 Å². The van der Waals surface area contributed by atoms with Crippen LogP contribution in [0.15, 0.2) is 6.07 Å². The fourth-order valence-corrected chi connectivity index (χ4v) is 1.80. The van der Waals surface area contributed by atoms with Crippen LogP contribution in [0.1, 0.15) is 16.8 Å². The highest BCUT2D eigenvalue weighted by Crippen LogP contribution is 2.37. The highest BCUT2D eigenvalue weighted by molar-refractivity contribution is 6.17. The molecule has 0 atom stereocenters. The highest BCUT2D eigenvalue weighted by atomic mass is 35.5. The number of carbonyl (C=O) groups excluding carboxylic acids is 1. The van der Waals surface area contributed by atoms with E-state index in [0.717, 1.165) is 7.11 Å². The molecule has 0 bridgehead atoms. The minimum Gasteiger partial charge on any atom is -0.469 e. The van der Waals surface area contributed by atoms with Crippen LogP contribution in [0.4, 0.5) is 26.3 Å². The van der Waals surface area contributed by atoms with Gasteiger partial charge in [-0.15, -0.1) is 24.8 Å². The van der Waals surface area contributed by atoms with Crippen molar-refractivity contribution in [3.05, 3.63) is 22.9 Å². The molecule has 0 saturated heterocycles. The van der Waals surface area contributed by atoms with Crippen molar-refractivity contribution in [3.63, 3.8) is 0 Å². The molecule has 4 nitrogen and oxygen atoms in total. The van der Waals surface area contributed by atoms with Crippen molar-refractivity contribution in [2.24, 2.45) is 0 Å². The van der Waals surface area contributed by atoms with Gasteiger partial charge in [0.1, 0.15) is 0 Å². The van der Waals surface area contributed by atoms with E-state index in [4.69, 9.17) is 11.6 Å². The van der Waals surface area contributed by atoms with Crippen LogP contribution in [0.3, 0.4) is 0 Å². The predicted molar refractivity (Wildman–Crippen MR) is 61.2 cm³/mol. The van der Waals surface area contributed by atoms with Gasteiger partial charge in [0.05, 0.1) is 24.8 Å². The molecule has 0 aliphatic rings. The summed E-state index contributed by atoms with van der Waals surface area (Å²) < 4.78 is 83.2. The van der Waals surface area contributed by atoms with Crippen molar-refractivity contribution in [2.75, 3.05) is 7.11 Å². The Bertz CT molecular complexity index is 558. The van der Waals surface area contributed by atoms with E-state index in [1.54, 1.807) is 0 Å². The quantitative estimate of drug-likeness (QED) is 0.473. The number of nitrogens with zero attached hydrogens (tertiary/aromatic N) is 1. The molecule has 0 N–H and O–H groups in total. The molecule has 1 rings (SSSR count). The van der Waals surface area contributed by atoms with Crippen molar-refractivity contribution in [1.29, 1.82) is 0 Å². The van der Waals surface area contributed by atoms with E-state index in [2.05, 4.69) is 14.5 Å². The van der Waals surface area contributed by atoms with Gasteiger partial charge in [-0.05, 0) is 5.56 Å². The molecule has 11 heteroatoms. The first kappa shape index (κ1) is 18.3. The first-order valence-corrected chi connectivity index (χ1v) is 6.00. The highest BCUT2D eigenvalue weighted by Gasteiger charge is 2.39. The first-order valence-electron chi connectivity index (χ1n) is 5.46. The Morgan fingerprint density at radius 1 is 1.27 bits per heavy atom. The molecule has 1 aromatic heterocycles. The van der Waals surface area contributed by atoms with Crippen LogP contribution in [0.5, 0.6) is 5.88 Å². The van der Waals surface area contributed by atoms with Gasteiger partial charge in [-0.1, -0.05) is 0 Å². The number of methoxy groups -OCH3 is 1. The number of carbonyl (C=O) groups is 1. The number of ether oxygens (including phenoxy) is 2. The summed E-state index contributed by atoms with van der Waals surface area (Å²) in [7, 11) is 0.911. The molecule has 0 radical (unpaired) electrons. The number of pyridine rings is 1. The van der Waals surface area contributed by atoms with Crippen molar-refractivity contribution >= 4 is 17.6 Å². The summed E-state index contributed by atoms with van der Waals surface area (Å²) in [5.41, 5.74) is -3.04. The molecule has 1 heterocycles. The summed E-state index contributed by atoms with van der Waals surface area (Å²) >= 11 is 5.34. The van der Waals surface area contributed by atoms with E-state index < -0.39 is 53.5 Å². The maximum absolute atomic E-state index is 13.0. The normalized spacial score (nSPS) is 12.2. The van der Waals surface area contributed by atoms with Gasteiger partial charge in [0.2, 0.25) is 5.88 Å². The van der Waals surface area contributed by atoms with Crippen molar-refractivity contribution in [3.8, 4) is 5.88 Å². The lowest BCUT2D eigenvalue weighted by Crippen LogP contribution is -2.22. The monoisotopic (exact) mass is 351 g/mol. The summed E-state index contributed by atoms with van der Waals surface area (Å²) in [5, 5.41) is 0. The fraction of sp³-hybridized carbons (Fsp3) is 0.455. The molecule has 0 unspecified atom stereocenters. The molecule has 124 valence electrons. The summed E-state index contributed by atoms with van der Waals surface area (Å²) in [6, 6.07) is 0.421. The van der Waals surface area contributed by atoms with Crippen LogP contribution in [-0.2, 0) is 28.0 Å². The number of hydrogen-bond donors (Lipinski definition) is 0. The first-order chi connectivity index (χ1) is 9.97. The second-order valence-corrected chi connectivity index (χ2v) is 4.14. The lowest BCUT2D eigenvalue weighted by molar-refractivity contribution is -0.276. The van der Waals surface area contributed by atoms with E-state index in [1.807, 2.05) is 0 Å². The van der Waals surface area contributed by atoms with Crippen LogP contribution < -0.4 is 4.74 Å². The standard InChI is InChI=1S/C11H8ClF6NO3/c1-21-8(20)3-6-9(10(13,14)15)5(4-12)2-7(19-6)22-11(16,17)18/h2H,3-4H2,1H3. The molecule has 22 heavy (non-hydrogen) atoms. The maximum atomic E-state index is 13.0. The minimum atomic E-state index is -5.15. The summed E-state index contributed by atoms with van der Waals surface area (Å²) in [6.07, 6.45) is -11.1. The Hall–Kier alpha value is -1.71. The van der Waals surface area contributed by atoms with Gasteiger partial charge in [0, 0.05) is 11.9 Å². The molecule has 0 aromatic carbocycles. The lowest BCUT2D eigenvalue weighted by atomic mass is 10.0. The van der Waals surface area contributed by atoms with Crippen molar-refractivity contribution in [2.45, 2.75) is 24.8 Å². The van der Waals surface area contributed by atoms with Crippen molar-refractivity contribution < 1.29 is 40.6 Å². The fourth-order valence-electron chi connectivity index (χ4n) is 1.59. The minimum absolute atomic E-state index is 0.421. The number of halogens is 7. The van der Waals surface area contributed by atoms with E-state index in [9.17, 15) is 31.1 Å². The summed E-state index contributed by atoms with van der Waals surface area (Å²) in [5.74, 6) is -3.00. The average molecular weight is 352 g/mol. The average Bonchev–Trinajstić information content (AvgIpc) is 2.34. The topological polar surface area (TPSA) is 48.4 Å². The number of esters is 1. The van der Waals surface area contributed by atoms with Crippen LogP contribution in [0, 0.1) is 0 Å². The van der Waals surface area contributed by atoms with E-state index in [1.165, 1.54) is 0 Å². The number of alkyl halides is 7. The van der Waals surface area contributed by atoms with Gasteiger partial charge < -0.3 is 9.47 Å².